The molecule has 1 aliphatic rings. The molecule has 1 aliphatic heterocycles. The van der Waals surface area contributed by atoms with Gasteiger partial charge in [-0.1, -0.05) is 0 Å². The Morgan fingerprint density at radius 3 is 2.56 bits per heavy atom. The van der Waals surface area contributed by atoms with E-state index in [0.29, 0.717) is 0 Å². The Balaban J connectivity index is 2.28. The van der Waals surface area contributed by atoms with Crippen molar-refractivity contribution in [2.75, 3.05) is 18.6 Å². The number of benzene rings is 1. The van der Waals surface area contributed by atoms with Gasteiger partial charge < -0.3 is 9.64 Å². The van der Waals surface area contributed by atoms with Crippen molar-refractivity contribution in [3.8, 4) is 11.8 Å². The first-order valence-corrected chi connectivity index (χ1v) is 6.41. The van der Waals surface area contributed by atoms with E-state index >= 15 is 0 Å². The van der Waals surface area contributed by atoms with Gasteiger partial charge in [-0.05, 0) is 51.0 Å². The van der Waals surface area contributed by atoms with Crippen LogP contribution in [0.15, 0.2) is 24.3 Å². The predicted molar refractivity (Wildman–Crippen MR) is 72.8 cm³/mol. The molecule has 0 amide bonds. The molecule has 3 nitrogen and oxygen atoms in total. The third-order valence-corrected chi connectivity index (χ3v) is 3.96. The molecule has 1 aromatic carbocycles. The van der Waals surface area contributed by atoms with Gasteiger partial charge in [-0.25, -0.2) is 0 Å². The van der Waals surface area contributed by atoms with Crippen molar-refractivity contribution in [1.29, 1.82) is 5.26 Å². The smallest absolute Gasteiger partial charge is 0.119 e. The van der Waals surface area contributed by atoms with E-state index in [4.69, 9.17) is 4.74 Å². The normalized spacial score (nSPS) is 22.3. The van der Waals surface area contributed by atoms with E-state index in [2.05, 4.69) is 36.9 Å². The second-order valence-electron chi connectivity index (χ2n) is 5.33. The topological polar surface area (TPSA) is 36.3 Å². The predicted octanol–water partition coefficient (Wildman–Crippen LogP) is 3.21. The van der Waals surface area contributed by atoms with E-state index in [1.165, 1.54) is 5.69 Å². The highest BCUT2D eigenvalue weighted by atomic mass is 16.5. The lowest BCUT2D eigenvalue weighted by atomic mass is 9.79. The van der Waals surface area contributed by atoms with E-state index < -0.39 is 0 Å². The second-order valence-corrected chi connectivity index (χ2v) is 5.33. The third kappa shape index (κ3) is 2.15. The van der Waals surface area contributed by atoms with Crippen molar-refractivity contribution in [3.05, 3.63) is 24.3 Å². The van der Waals surface area contributed by atoms with E-state index in [1.807, 2.05) is 12.1 Å². The van der Waals surface area contributed by atoms with Crippen molar-refractivity contribution >= 4 is 5.69 Å². The Labute approximate surface area is 109 Å². The van der Waals surface area contributed by atoms with Crippen molar-refractivity contribution in [3.63, 3.8) is 0 Å². The van der Waals surface area contributed by atoms with Crippen LogP contribution in [0.2, 0.25) is 0 Å². The highest BCUT2D eigenvalue weighted by molar-refractivity contribution is 5.52. The van der Waals surface area contributed by atoms with Gasteiger partial charge in [0.25, 0.3) is 0 Å². The summed E-state index contributed by atoms with van der Waals surface area (Å²) in [6, 6.07) is 10.5. The number of nitrogens with zero attached hydrogens (tertiary/aromatic N) is 2. The summed E-state index contributed by atoms with van der Waals surface area (Å²) in [7, 11) is 1.67. The van der Waals surface area contributed by atoms with Gasteiger partial charge in [-0.15, -0.1) is 0 Å². The zero-order valence-corrected chi connectivity index (χ0v) is 11.3. The van der Waals surface area contributed by atoms with Crippen molar-refractivity contribution in [1.82, 2.24) is 0 Å². The summed E-state index contributed by atoms with van der Waals surface area (Å²) >= 11 is 0. The van der Waals surface area contributed by atoms with E-state index in [-0.39, 0.29) is 11.5 Å². The molecule has 0 saturated carbocycles. The van der Waals surface area contributed by atoms with Gasteiger partial charge in [-0.3, -0.25) is 0 Å². The van der Waals surface area contributed by atoms with Gasteiger partial charge >= 0.3 is 0 Å². The summed E-state index contributed by atoms with van der Waals surface area (Å²) in [4.78, 5) is 2.34. The first-order chi connectivity index (χ1) is 8.59. The maximum atomic E-state index is 9.28. The summed E-state index contributed by atoms with van der Waals surface area (Å²) in [5.41, 5.74) is 1.06. The van der Waals surface area contributed by atoms with Crippen LogP contribution in [0, 0.1) is 17.2 Å². The molecule has 18 heavy (non-hydrogen) atoms. The first kappa shape index (κ1) is 12.8. The number of methoxy groups -OCH3 is 1. The van der Waals surface area contributed by atoms with Crippen LogP contribution < -0.4 is 9.64 Å². The highest BCUT2D eigenvalue weighted by Crippen LogP contribution is 2.36. The number of hydrogen-bond donors (Lipinski definition) is 0. The number of piperidine rings is 1. The van der Waals surface area contributed by atoms with Gasteiger partial charge in [0.2, 0.25) is 0 Å². The summed E-state index contributed by atoms with van der Waals surface area (Å²) in [5, 5.41) is 9.28. The van der Waals surface area contributed by atoms with Gasteiger partial charge in [0.15, 0.2) is 0 Å². The maximum absolute atomic E-state index is 9.28. The van der Waals surface area contributed by atoms with E-state index in [9.17, 15) is 5.26 Å². The van der Waals surface area contributed by atoms with Crippen molar-refractivity contribution in [2.24, 2.45) is 5.92 Å². The molecular formula is C15H20N2O. The SMILES string of the molecule is COc1ccc(N2CCCC(C#N)C2(C)C)cc1. The standard InChI is InChI=1S/C15H20N2O/c1-15(2)12(11-16)5-4-10-17(15)13-6-8-14(18-3)9-7-13/h6-9,12H,4-5,10H2,1-3H3. The molecule has 3 heteroatoms. The van der Waals surface area contributed by atoms with Crippen LogP contribution in [0.25, 0.3) is 0 Å². The number of hydrogen-bond acceptors (Lipinski definition) is 3. The molecule has 0 aliphatic carbocycles. The Hall–Kier alpha value is -1.69. The first-order valence-electron chi connectivity index (χ1n) is 6.41. The molecule has 96 valence electrons. The summed E-state index contributed by atoms with van der Waals surface area (Å²) in [5.74, 6) is 0.957. The molecule has 1 fully saturated rings. The fraction of sp³-hybridized carbons (Fsp3) is 0.533. The Morgan fingerprint density at radius 2 is 2.00 bits per heavy atom. The fourth-order valence-corrected chi connectivity index (χ4v) is 2.73. The van der Waals surface area contributed by atoms with Crippen LogP contribution in [0.1, 0.15) is 26.7 Å². The Bertz CT molecular complexity index is 445. The summed E-state index contributed by atoms with van der Waals surface area (Å²) in [6.45, 7) is 5.33. The largest absolute Gasteiger partial charge is 0.497 e. The van der Waals surface area contributed by atoms with Gasteiger partial charge in [-0.2, -0.15) is 5.26 Å². The highest BCUT2D eigenvalue weighted by Gasteiger charge is 2.38. The molecular weight excluding hydrogens is 224 g/mol. The third-order valence-electron chi connectivity index (χ3n) is 3.96. The number of ether oxygens (including phenoxy) is 1. The summed E-state index contributed by atoms with van der Waals surface area (Å²) < 4.78 is 5.18. The van der Waals surface area contributed by atoms with E-state index in [0.717, 1.165) is 25.1 Å². The average Bonchev–Trinajstić information content (AvgIpc) is 2.38. The lowest BCUT2D eigenvalue weighted by Crippen LogP contribution is -2.53. The van der Waals surface area contributed by atoms with Crippen LogP contribution in [0.4, 0.5) is 5.69 Å². The Kier molecular flexibility index (Phi) is 3.47. The van der Waals surface area contributed by atoms with Crippen molar-refractivity contribution < 1.29 is 4.74 Å². The zero-order chi connectivity index (χ0) is 13.2. The summed E-state index contributed by atoms with van der Waals surface area (Å²) in [6.07, 6.45) is 2.07. The molecule has 2 rings (SSSR count). The molecule has 0 radical (unpaired) electrons. The molecule has 0 spiro atoms. The minimum absolute atomic E-state index is 0.0911. The minimum atomic E-state index is -0.110. The van der Waals surface area contributed by atoms with Crippen LogP contribution in [-0.2, 0) is 0 Å². The van der Waals surface area contributed by atoms with Crippen LogP contribution in [0.3, 0.4) is 0 Å². The molecule has 1 saturated heterocycles. The quantitative estimate of drug-likeness (QED) is 0.801. The molecule has 1 unspecified atom stereocenters. The molecule has 0 bridgehead atoms. The molecule has 1 atom stereocenters. The van der Waals surface area contributed by atoms with Gasteiger partial charge in [0.05, 0.1) is 24.6 Å². The lowest BCUT2D eigenvalue weighted by Gasteiger charge is -2.47. The lowest BCUT2D eigenvalue weighted by molar-refractivity contribution is 0.292. The van der Waals surface area contributed by atoms with Crippen molar-refractivity contribution in [2.45, 2.75) is 32.2 Å². The second kappa shape index (κ2) is 4.89. The number of nitriles is 1. The van der Waals surface area contributed by atoms with Gasteiger partial charge in [0, 0.05) is 12.2 Å². The average molecular weight is 244 g/mol. The molecule has 1 aromatic rings. The minimum Gasteiger partial charge on any atom is -0.497 e. The number of anilines is 1. The number of rotatable bonds is 2. The van der Waals surface area contributed by atoms with Crippen LogP contribution >= 0.6 is 0 Å². The zero-order valence-electron chi connectivity index (χ0n) is 11.3. The van der Waals surface area contributed by atoms with E-state index in [1.54, 1.807) is 7.11 Å². The molecule has 0 aromatic heterocycles. The Morgan fingerprint density at radius 1 is 1.33 bits per heavy atom. The van der Waals surface area contributed by atoms with Crippen LogP contribution in [0.5, 0.6) is 5.75 Å². The van der Waals surface area contributed by atoms with Gasteiger partial charge in [0.1, 0.15) is 5.75 Å². The fourth-order valence-electron chi connectivity index (χ4n) is 2.73. The molecule has 1 heterocycles. The molecule has 0 N–H and O–H groups in total. The van der Waals surface area contributed by atoms with Crippen LogP contribution in [-0.4, -0.2) is 19.2 Å². The maximum Gasteiger partial charge on any atom is 0.119 e. The monoisotopic (exact) mass is 244 g/mol.